The van der Waals surface area contributed by atoms with Crippen LogP contribution in [0.4, 0.5) is 0 Å². The summed E-state index contributed by atoms with van der Waals surface area (Å²) in [5.74, 6) is 0. The zero-order valence-corrected chi connectivity index (χ0v) is 6.34. The fraction of sp³-hybridized carbons (Fsp3) is 0.556. The van der Waals surface area contributed by atoms with E-state index in [1.165, 1.54) is 11.1 Å². The van der Waals surface area contributed by atoms with Crippen LogP contribution in [-0.2, 0) is 4.74 Å². The number of fused-ring (bicyclic) bond motifs is 3. The van der Waals surface area contributed by atoms with E-state index in [-0.39, 0.29) is 0 Å². The van der Waals surface area contributed by atoms with E-state index in [0.29, 0.717) is 12.2 Å². The highest BCUT2D eigenvalue weighted by molar-refractivity contribution is 5.46. The summed E-state index contributed by atoms with van der Waals surface area (Å²) in [6.45, 7) is 2.02. The van der Waals surface area contributed by atoms with Crippen molar-refractivity contribution in [3.8, 4) is 0 Å². The Labute approximate surface area is 65.9 Å². The molecule has 0 radical (unpaired) electrons. The first kappa shape index (κ1) is 5.98. The predicted octanol–water partition coefficient (Wildman–Crippen LogP) is 0.613. The van der Waals surface area contributed by atoms with Crippen LogP contribution in [0, 0.1) is 0 Å². The van der Waals surface area contributed by atoms with Crippen molar-refractivity contribution in [1.82, 2.24) is 5.32 Å². The lowest BCUT2D eigenvalue weighted by Gasteiger charge is -2.00. The number of rotatable bonds is 0. The molecule has 2 atom stereocenters. The van der Waals surface area contributed by atoms with Crippen LogP contribution in [0.15, 0.2) is 23.3 Å². The third kappa shape index (κ3) is 0.798. The van der Waals surface area contributed by atoms with Crippen molar-refractivity contribution in [2.45, 2.75) is 18.6 Å². The minimum absolute atomic E-state index is 0.473. The van der Waals surface area contributed by atoms with E-state index < -0.39 is 0 Å². The Balaban J connectivity index is 2.00. The number of hydrogen-bond acceptors (Lipinski definition) is 2. The summed E-state index contributed by atoms with van der Waals surface area (Å²) in [6, 6.07) is 0. The van der Waals surface area contributed by atoms with Gasteiger partial charge in [-0.25, -0.2) is 0 Å². The molecule has 2 heteroatoms. The first-order chi connectivity index (χ1) is 5.45. The topological polar surface area (TPSA) is 24.6 Å². The molecule has 58 valence electrons. The van der Waals surface area contributed by atoms with Gasteiger partial charge in [-0.2, -0.15) is 0 Å². The first-order valence-electron chi connectivity index (χ1n) is 4.21. The molecule has 1 saturated heterocycles. The maximum atomic E-state index is 5.44. The molecule has 0 bridgehead atoms. The normalized spacial score (nSPS) is 40.0. The van der Waals surface area contributed by atoms with Gasteiger partial charge in [-0.15, -0.1) is 0 Å². The van der Waals surface area contributed by atoms with E-state index in [4.69, 9.17) is 4.74 Å². The lowest BCUT2D eigenvalue weighted by molar-refractivity contribution is 0.371. The van der Waals surface area contributed by atoms with Crippen molar-refractivity contribution < 1.29 is 4.74 Å². The van der Waals surface area contributed by atoms with E-state index in [1.807, 2.05) is 0 Å². The average Bonchev–Trinajstić information content (AvgIpc) is 2.73. The third-order valence-electron chi connectivity index (χ3n) is 2.64. The van der Waals surface area contributed by atoms with Crippen molar-refractivity contribution in [1.29, 1.82) is 0 Å². The Morgan fingerprint density at radius 2 is 2.27 bits per heavy atom. The van der Waals surface area contributed by atoms with Crippen molar-refractivity contribution in [2.24, 2.45) is 0 Å². The van der Waals surface area contributed by atoms with Crippen LogP contribution in [0.5, 0.6) is 0 Å². The maximum Gasteiger partial charge on any atom is 0.109 e. The zero-order chi connectivity index (χ0) is 7.26. The number of ether oxygens (including phenoxy) is 1. The summed E-state index contributed by atoms with van der Waals surface area (Å²) in [4.78, 5) is 0. The summed E-state index contributed by atoms with van der Waals surface area (Å²) < 4.78 is 5.44. The monoisotopic (exact) mass is 149 g/mol. The van der Waals surface area contributed by atoms with Gasteiger partial charge in [-0.05, 0) is 11.1 Å². The Morgan fingerprint density at radius 1 is 1.36 bits per heavy atom. The molecule has 0 aromatic rings. The van der Waals surface area contributed by atoms with Crippen LogP contribution in [-0.4, -0.2) is 25.3 Å². The molecule has 0 aromatic carbocycles. The van der Waals surface area contributed by atoms with Crippen LogP contribution in [0.1, 0.15) is 6.42 Å². The van der Waals surface area contributed by atoms with Crippen molar-refractivity contribution in [3.63, 3.8) is 0 Å². The molecule has 0 amide bonds. The lowest BCUT2D eigenvalue weighted by Crippen LogP contribution is -2.11. The zero-order valence-electron chi connectivity index (χ0n) is 6.34. The smallest absolute Gasteiger partial charge is 0.109 e. The van der Waals surface area contributed by atoms with Gasteiger partial charge in [0.05, 0.1) is 6.10 Å². The Kier molecular flexibility index (Phi) is 1.06. The van der Waals surface area contributed by atoms with Gasteiger partial charge in [0.15, 0.2) is 0 Å². The van der Waals surface area contributed by atoms with Gasteiger partial charge in [-0.1, -0.05) is 12.2 Å². The summed E-state index contributed by atoms with van der Waals surface area (Å²) in [7, 11) is 0. The fourth-order valence-electron chi connectivity index (χ4n) is 2.00. The summed E-state index contributed by atoms with van der Waals surface area (Å²) in [5, 5.41) is 3.31. The minimum Gasteiger partial charge on any atom is -0.364 e. The van der Waals surface area contributed by atoms with Crippen molar-refractivity contribution in [3.05, 3.63) is 23.3 Å². The highest BCUT2D eigenvalue weighted by atomic mass is 16.6. The Bertz CT molecular complexity index is 254. The highest BCUT2D eigenvalue weighted by Gasteiger charge is 2.49. The molecule has 0 spiro atoms. The minimum atomic E-state index is 0.473. The van der Waals surface area contributed by atoms with Crippen LogP contribution in [0.2, 0.25) is 0 Å². The first-order valence-corrected chi connectivity index (χ1v) is 4.21. The van der Waals surface area contributed by atoms with Gasteiger partial charge in [-0.3, -0.25) is 0 Å². The molecule has 3 rings (SSSR count). The molecule has 2 heterocycles. The van der Waals surface area contributed by atoms with Gasteiger partial charge in [0.25, 0.3) is 0 Å². The Morgan fingerprint density at radius 3 is 3.27 bits per heavy atom. The fourth-order valence-corrected chi connectivity index (χ4v) is 2.00. The van der Waals surface area contributed by atoms with E-state index >= 15 is 0 Å². The summed E-state index contributed by atoms with van der Waals surface area (Å²) >= 11 is 0. The van der Waals surface area contributed by atoms with E-state index in [0.717, 1.165) is 19.5 Å². The summed E-state index contributed by atoms with van der Waals surface area (Å²) in [6.07, 6.45) is 6.75. The average molecular weight is 149 g/mol. The molecule has 2 unspecified atom stereocenters. The quantitative estimate of drug-likeness (QED) is 0.510. The molecule has 11 heavy (non-hydrogen) atoms. The molecule has 1 N–H and O–H groups in total. The van der Waals surface area contributed by atoms with Gasteiger partial charge in [0, 0.05) is 19.5 Å². The van der Waals surface area contributed by atoms with Gasteiger partial charge < -0.3 is 10.1 Å². The van der Waals surface area contributed by atoms with E-state index in [1.54, 1.807) is 0 Å². The van der Waals surface area contributed by atoms with Crippen LogP contribution < -0.4 is 5.32 Å². The van der Waals surface area contributed by atoms with Crippen LogP contribution in [0.25, 0.3) is 0 Å². The van der Waals surface area contributed by atoms with Gasteiger partial charge in [0.1, 0.15) is 6.10 Å². The van der Waals surface area contributed by atoms with Crippen molar-refractivity contribution in [2.75, 3.05) is 13.1 Å². The van der Waals surface area contributed by atoms with E-state index in [2.05, 4.69) is 17.5 Å². The largest absolute Gasteiger partial charge is 0.364 e. The third-order valence-corrected chi connectivity index (χ3v) is 2.64. The predicted molar refractivity (Wildman–Crippen MR) is 42.3 cm³/mol. The second-order valence-electron chi connectivity index (χ2n) is 3.35. The maximum absolute atomic E-state index is 5.44. The van der Waals surface area contributed by atoms with Gasteiger partial charge in [0.2, 0.25) is 0 Å². The molecule has 2 fully saturated rings. The van der Waals surface area contributed by atoms with Gasteiger partial charge >= 0.3 is 0 Å². The molecule has 2 aliphatic heterocycles. The molecular weight excluding hydrogens is 138 g/mol. The standard InChI is InChI=1S/C9H11NO/c1-3-10-4-2-7-6(1)5-8-9(7)11-8/h1-2,8-10H,3-5H2. The van der Waals surface area contributed by atoms with Crippen molar-refractivity contribution >= 4 is 0 Å². The molecular formula is C9H11NO. The molecule has 1 saturated carbocycles. The molecule has 2 nitrogen and oxygen atoms in total. The number of epoxide rings is 1. The number of hydrogen-bond donors (Lipinski definition) is 1. The lowest BCUT2D eigenvalue weighted by atomic mass is 10.1. The SMILES string of the molecule is C1=C2CC3OC3C2=CCNC1. The molecule has 3 aliphatic rings. The van der Waals surface area contributed by atoms with Crippen LogP contribution >= 0.6 is 0 Å². The van der Waals surface area contributed by atoms with E-state index in [9.17, 15) is 0 Å². The molecule has 0 aromatic heterocycles. The Hall–Kier alpha value is -0.600. The van der Waals surface area contributed by atoms with Crippen LogP contribution in [0.3, 0.4) is 0 Å². The summed E-state index contributed by atoms with van der Waals surface area (Å²) in [5.41, 5.74) is 2.98. The highest BCUT2D eigenvalue weighted by Crippen LogP contribution is 2.46. The second kappa shape index (κ2) is 1.96. The number of nitrogens with one attached hydrogen (secondary N) is 1. The molecule has 1 aliphatic carbocycles. The second-order valence-corrected chi connectivity index (χ2v) is 3.35.